The van der Waals surface area contributed by atoms with Crippen LogP contribution in [0.5, 0.6) is 0 Å². The van der Waals surface area contributed by atoms with E-state index in [1.807, 2.05) is 31.2 Å². The topological polar surface area (TPSA) is 72.5 Å². The second-order valence-corrected chi connectivity index (χ2v) is 7.88. The molecule has 6 heteroatoms. The molecule has 0 bridgehead atoms. The number of hydrogen-bond donors (Lipinski definition) is 1. The maximum Gasteiger partial charge on any atom is 0.221 e. The summed E-state index contributed by atoms with van der Waals surface area (Å²) in [6.07, 6.45) is -0.350. The molecule has 25 heavy (non-hydrogen) atoms. The third-order valence-corrected chi connectivity index (χ3v) is 5.74. The molecule has 2 aromatic carbocycles. The molecule has 0 aliphatic heterocycles. The smallest absolute Gasteiger partial charge is 0.221 e. The monoisotopic (exact) mass is 361 g/mol. The Hall–Kier alpha value is -2.18. The van der Waals surface area contributed by atoms with Gasteiger partial charge in [-0.2, -0.15) is 0 Å². The van der Waals surface area contributed by atoms with E-state index in [2.05, 4.69) is 5.32 Å². The van der Waals surface area contributed by atoms with Gasteiger partial charge in [0.2, 0.25) is 5.91 Å². The van der Waals surface area contributed by atoms with Gasteiger partial charge in [-0.3, -0.25) is 4.79 Å². The van der Waals surface area contributed by atoms with Gasteiger partial charge >= 0.3 is 0 Å². The van der Waals surface area contributed by atoms with Crippen molar-refractivity contribution in [3.63, 3.8) is 0 Å². The van der Waals surface area contributed by atoms with Gasteiger partial charge in [-0.15, -0.1) is 0 Å². The number of nitrogens with one attached hydrogen (secondary N) is 1. The van der Waals surface area contributed by atoms with E-state index in [1.165, 1.54) is 12.1 Å². The summed E-state index contributed by atoms with van der Waals surface area (Å²) in [5.74, 6) is -0.527. The van der Waals surface area contributed by atoms with Gasteiger partial charge in [0.1, 0.15) is 0 Å². The predicted molar refractivity (Wildman–Crippen MR) is 97.1 cm³/mol. The van der Waals surface area contributed by atoms with Crippen molar-refractivity contribution in [3.05, 3.63) is 65.7 Å². The SMILES string of the molecule is COC(CNC(=O)CCS(=O)(=O)c1ccccc1)c1ccccc1C. The molecule has 5 nitrogen and oxygen atoms in total. The van der Waals surface area contributed by atoms with Crippen LogP contribution in [0, 0.1) is 6.92 Å². The van der Waals surface area contributed by atoms with Gasteiger partial charge in [0.25, 0.3) is 0 Å². The van der Waals surface area contributed by atoms with Crippen LogP contribution >= 0.6 is 0 Å². The number of benzene rings is 2. The van der Waals surface area contributed by atoms with E-state index in [0.717, 1.165) is 11.1 Å². The fourth-order valence-corrected chi connectivity index (χ4v) is 3.80. The zero-order chi connectivity index (χ0) is 18.3. The van der Waals surface area contributed by atoms with Gasteiger partial charge in [-0.25, -0.2) is 8.42 Å². The fraction of sp³-hybridized carbons (Fsp3) is 0.316. The molecule has 0 heterocycles. The molecule has 0 aromatic heterocycles. The summed E-state index contributed by atoms with van der Waals surface area (Å²) in [6.45, 7) is 2.28. The summed E-state index contributed by atoms with van der Waals surface area (Å²) in [7, 11) is -1.86. The standard InChI is InChI=1S/C19H23NO4S/c1-15-8-6-7-11-17(15)18(24-2)14-20-19(21)12-13-25(22,23)16-9-4-3-5-10-16/h3-11,18H,12-14H2,1-2H3,(H,20,21). The number of aryl methyl sites for hydroxylation is 1. The summed E-state index contributed by atoms with van der Waals surface area (Å²) in [5, 5.41) is 2.76. The van der Waals surface area contributed by atoms with Crippen LogP contribution in [0.1, 0.15) is 23.7 Å². The molecule has 1 N–H and O–H groups in total. The summed E-state index contributed by atoms with van der Waals surface area (Å²) in [5.41, 5.74) is 2.08. The summed E-state index contributed by atoms with van der Waals surface area (Å²) in [4.78, 5) is 12.3. The van der Waals surface area contributed by atoms with Crippen LogP contribution < -0.4 is 5.32 Å². The first-order valence-electron chi connectivity index (χ1n) is 8.07. The van der Waals surface area contributed by atoms with Crippen LogP contribution in [0.2, 0.25) is 0 Å². The molecular formula is C19H23NO4S. The van der Waals surface area contributed by atoms with E-state index in [4.69, 9.17) is 4.74 Å². The predicted octanol–water partition coefficient (Wildman–Crippen LogP) is 2.66. The largest absolute Gasteiger partial charge is 0.375 e. The maximum atomic E-state index is 12.2. The van der Waals surface area contributed by atoms with E-state index in [1.54, 1.807) is 25.3 Å². The molecule has 0 aliphatic rings. The highest BCUT2D eigenvalue weighted by atomic mass is 32.2. The molecule has 0 saturated carbocycles. The Bertz CT molecular complexity index is 803. The van der Waals surface area contributed by atoms with Crippen molar-refractivity contribution >= 4 is 15.7 Å². The van der Waals surface area contributed by atoms with Crippen molar-refractivity contribution in [2.75, 3.05) is 19.4 Å². The third kappa shape index (κ3) is 5.41. The van der Waals surface area contributed by atoms with Gasteiger partial charge < -0.3 is 10.1 Å². The van der Waals surface area contributed by atoms with Crippen LogP contribution in [-0.4, -0.2) is 33.7 Å². The second kappa shape index (κ2) is 8.78. The average molecular weight is 361 g/mol. The zero-order valence-electron chi connectivity index (χ0n) is 14.4. The van der Waals surface area contributed by atoms with Gasteiger partial charge in [-0.1, -0.05) is 42.5 Å². The zero-order valence-corrected chi connectivity index (χ0v) is 15.3. The van der Waals surface area contributed by atoms with Gasteiger partial charge in [-0.05, 0) is 30.2 Å². The Balaban J connectivity index is 1.89. The lowest BCUT2D eigenvalue weighted by molar-refractivity contribution is -0.121. The van der Waals surface area contributed by atoms with Crippen LogP contribution in [0.4, 0.5) is 0 Å². The van der Waals surface area contributed by atoms with Crippen molar-refractivity contribution in [1.29, 1.82) is 0 Å². The Morgan fingerprint density at radius 2 is 1.72 bits per heavy atom. The number of rotatable bonds is 8. The second-order valence-electron chi connectivity index (χ2n) is 5.77. The quantitative estimate of drug-likeness (QED) is 0.785. The number of carbonyl (C=O) groups excluding carboxylic acids is 1. The molecule has 1 atom stereocenters. The van der Waals surface area contributed by atoms with Gasteiger partial charge in [0, 0.05) is 20.1 Å². The number of hydrogen-bond acceptors (Lipinski definition) is 4. The molecule has 0 aliphatic carbocycles. The Morgan fingerprint density at radius 1 is 1.08 bits per heavy atom. The van der Waals surface area contributed by atoms with Crippen molar-refractivity contribution < 1.29 is 17.9 Å². The van der Waals surface area contributed by atoms with Crippen molar-refractivity contribution in [2.24, 2.45) is 0 Å². The highest BCUT2D eigenvalue weighted by Gasteiger charge is 2.18. The molecule has 0 fully saturated rings. The molecule has 0 saturated heterocycles. The number of methoxy groups -OCH3 is 1. The summed E-state index contributed by atoms with van der Waals surface area (Å²) < 4.78 is 29.8. The molecule has 1 amide bonds. The van der Waals surface area contributed by atoms with E-state index in [-0.39, 0.29) is 29.1 Å². The number of carbonyl (C=O) groups is 1. The van der Waals surface area contributed by atoms with Crippen molar-refractivity contribution in [1.82, 2.24) is 5.32 Å². The molecule has 134 valence electrons. The normalized spacial score (nSPS) is 12.6. The molecule has 2 rings (SSSR count). The fourth-order valence-electron chi connectivity index (χ4n) is 2.54. The first kappa shape index (κ1) is 19.1. The molecule has 0 radical (unpaired) electrons. The Kier molecular flexibility index (Phi) is 6.73. The van der Waals surface area contributed by atoms with Crippen LogP contribution in [0.25, 0.3) is 0 Å². The first-order valence-corrected chi connectivity index (χ1v) is 9.72. The molecule has 0 spiro atoms. The Labute approximate surface area is 148 Å². The average Bonchev–Trinajstić information content (AvgIpc) is 2.62. The van der Waals surface area contributed by atoms with Crippen molar-refractivity contribution in [3.8, 4) is 0 Å². The number of ether oxygens (including phenoxy) is 1. The lowest BCUT2D eigenvalue weighted by atomic mass is 10.0. The van der Waals surface area contributed by atoms with E-state index in [9.17, 15) is 13.2 Å². The Morgan fingerprint density at radius 3 is 2.36 bits per heavy atom. The minimum Gasteiger partial charge on any atom is -0.375 e. The number of amides is 1. The highest BCUT2D eigenvalue weighted by molar-refractivity contribution is 7.91. The van der Waals surface area contributed by atoms with E-state index < -0.39 is 9.84 Å². The van der Waals surface area contributed by atoms with Gasteiger partial charge in [0.05, 0.1) is 16.8 Å². The van der Waals surface area contributed by atoms with Crippen LogP contribution in [0.15, 0.2) is 59.5 Å². The van der Waals surface area contributed by atoms with Gasteiger partial charge in [0.15, 0.2) is 9.84 Å². The number of sulfone groups is 1. The lowest BCUT2D eigenvalue weighted by Crippen LogP contribution is -2.30. The summed E-state index contributed by atoms with van der Waals surface area (Å²) in [6, 6.07) is 15.9. The molecule has 2 aromatic rings. The van der Waals surface area contributed by atoms with Crippen molar-refractivity contribution in [2.45, 2.75) is 24.3 Å². The summed E-state index contributed by atoms with van der Waals surface area (Å²) >= 11 is 0. The van der Waals surface area contributed by atoms with Crippen LogP contribution in [0.3, 0.4) is 0 Å². The maximum absolute atomic E-state index is 12.2. The highest BCUT2D eigenvalue weighted by Crippen LogP contribution is 2.19. The minimum atomic E-state index is -3.45. The molecule has 1 unspecified atom stereocenters. The van der Waals surface area contributed by atoms with E-state index >= 15 is 0 Å². The van der Waals surface area contributed by atoms with E-state index in [0.29, 0.717) is 6.54 Å². The molecular weight excluding hydrogens is 338 g/mol. The lowest BCUT2D eigenvalue weighted by Gasteiger charge is -2.18. The minimum absolute atomic E-state index is 0.0819. The first-order chi connectivity index (χ1) is 11.9. The van der Waals surface area contributed by atoms with Crippen LogP contribution in [-0.2, 0) is 19.4 Å². The third-order valence-electron chi connectivity index (χ3n) is 4.00.